The van der Waals surface area contributed by atoms with E-state index in [1.165, 1.54) is 38.5 Å². The summed E-state index contributed by atoms with van der Waals surface area (Å²) >= 11 is 0. The van der Waals surface area contributed by atoms with Gasteiger partial charge in [-0.1, -0.05) is 59.3 Å². The van der Waals surface area contributed by atoms with Crippen LogP contribution in [0.5, 0.6) is 0 Å². The van der Waals surface area contributed by atoms with E-state index in [2.05, 4.69) is 10.6 Å². The highest BCUT2D eigenvalue weighted by Gasteiger charge is 2.49. The summed E-state index contributed by atoms with van der Waals surface area (Å²) in [4.78, 5) is 40.6. The molecule has 0 aromatic rings. The lowest BCUT2D eigenvalue weighted by atomic mass is 9.86. The minimum absolute atomic E-state index is 0.0349. The number of hydrogen-bond acceptors (Lipinski definition) is 5. The van der Waals surface area contributed by atoms with Crippen LogP contribution in [-0.2, 0) is 14.4 Å². The number of carbonyl (C=O) groups is 3. The third-order valence-corrected chi connectivity index (χ3v) is 7.80. The normalized spacial score (nSPS) is 23.0. The van der Waals surface area contributed by atoms with Gasteiger partial charge < -0.3 is 26.4 Å². The highest BCUT2D eigenvalue weighted by atomic mass is 16.3. The largest absolute Gasteiger partial charge is 0.396 e. The van der Waals surface area contributed by atoms with E-state index in [9.17, 15) is 19.5 Å². The average molecular weight is 495 g/mol. The number of nitrogens with one attached hydrogen (secondary N) is 2. The van der Waals surface area contributed by atoms with Gasteiger partial charge in [0.1, 0.15) is 12.1 Å². The maximum atomic E-state index is 13.8. The Morgan fingerprint density at radius 1 is 1.20 bits per heavy atom. The zero-order valence-electron chi connectivity index (χ0n) is 22.3. The third-order valence-electron chi connectivity index (χ3n) is 7.80. The maximum Gasteiger partial charge on any atom is 0.243 e. The molecule has 3 atom stereocenters. The molecule has 1 saturated heterocycles. The number of aliphatic hydroxyl groups is 1. The number of likely N-dealkylation sites (tertiary alicyclic amines) is 1. The Morgan fingerprint density at radius 3 is 2.51 bits per heavy atom. The van der Waals surface area contributed by atoms with E-state index in [-0.39, 0.29) is 24.3 Å². The van der Waals surface area contributed by atoms with Gasteiger partial charge in [-0.25, -0.2) is 0 Å². The quantitative estimate of drug-likeness (QED) is 0.246. The highest BCUT2D eigenvalue weighted by molar-refractivity contribution is 5.95. The van der Waals surface area contributed by atoms with Gasteiger partial charge in [0.25, 0.3) is 0 Å². The van der Waals surface area contributed by atoms with Crippen LogP contribution in [0, 0.1) is 11.8 Å². The molecule has 3 amide bonds. The van der Waals surface area contributed by atoms with Gasteiger partial charge in [0.15, 0.2) is 0 Å². The summed E-state index contributed by atoms with van der Waals surface area (Å²) in [5, 5.41) is 15.9. The topological polar surface area (TPSA) is 125 Å². The van der Waals surface area contributed by atoms with Gasteiger partial charge in [-0.05, 0) is 63.3 Å². The summed E-state index contributed by atoms with van der Waals surface area (Å²) in [5.74, 6) is 0.0924. The minimum atomic E-state index is -0.739. The van der Waals surface area contributed by atoms with E-state index >= 15 is 0 Å². The summed E-state index contributed by atoms with van der Waals surface area (Å²) in [6, 6.07) is -1.36. The van der Waals surface area contributed by atoms with Crippen LogP contribution >= 0.6 is 0 Å². The van der Waals surface area contributed by atoms with Crippen molar-refractivity contribution in [1.29, 1.82) is 0 Å². The molecular weight excluding hydrogens is 444 g/mol. The number of rotatable bonds is 16. The molecule has 0 spiro atoms. The Labute approximate surface area is 212 Å². The van der Waals surface area contributed by atoms with Gasteiger partial charge in [-0.3, -0.25) is 14.4 Å². The van der Waals surface area contributed by atoms with Crippen LogP contribution < -0.4 is 16.4 Å². The van der Waals surface area contributed by atoms with Crippen molar-refractivity contribution in [3.8, 4) is 0 Å². The fourth-order valence-corrected chi connectivity index (χ4v) is 5.84. The molecule has 0 aromatic carbocycles. The molecular formula is C27H50N4O4. The number of primary amides is 1. The maximum absolute atomic E-state index is 13.8. The van der Waals surface area contributed by atoms with Crippen LogP contribution in [0.15, 0.2) is 0 Å². The van der Waals surface area contributed by atoms with Crippen molar-refractivity contribution in [2.45, 2.75) is 122 Å². The number of aliphatic hydroxyl groups excluding tert-OH is 1. The summed E-state index contributed by atoms with van der Waals surface area (Å²) < 4.78 is 0. The first kappa shape index (κ1) is 29.6. The molecule has 2 rings (SSSR count). The molecule has 1 aliphatic carbocycles. The molecule has 8 heteroatoms. The zero-order valence-corrected chi connectivity index (χ0v) is 22.3. The lowest BCUT2D eigenvalue weighted by Gasteiger charge is -2.33. The molecule has 1 aliphatic heterocycles. The number of hydrogen-bond donors (Lipinski definition) is 4. The molecule has 5 N–H and O–H groups in total. The Kier molecular flexibility index (Phi) is 12.5. The Hall–Kier alpha value is -1.67. The van der Waals surface area contributed by atoms with E-state index in [4.69, 9.17) is 5.73 Å². The summed E-state index contributed by atoms with van der Waals surface area (Å²) in [7, 11) is 0. The first-order chi connectivity index (χ1) is 16.7. The molecule has 2 aliphatic rings. The summed E-state index contributed by atoms with van der Waals surface area (Å²) in [5.41, 5.74) is 4.81. The van der Waals surface area contributed by atoms with Crippen LogP contribution in [0.2, 0.25) is 0 Å². The van der Waals surface area contributed by atoms with E-state index in [1.807, 2.05) is 20.8 Å². The van der Waals surface area contributed by atoms with Gasteiger partial charge in [0.2, 0.25) is 17.7 Å². The van der Waals surface area contributed by atoms with Gasteiger partial charge >= 0.3 is 0 Å². The zero-order chi connectivity index (χ0) is 25.8. The van der Waals surface area contributed by atoms with Crippen LogP contribution in [0.3, 0.4) is 0 Å². The summed E-state index contributed by atoms with van der Waals surface area (Å²) in [6.07, 6.45) is 12.3. The van der Waals surface area contributed by atoms with Crippen molar-refractivity contribution in [3.63, 3.8) is 0 Å². The van der Waals surface area contributed by atoms with Gasteiger partial charge in [0.05, 0.1) is 5.54 Å². The second-order valence-corrected chi connectivity index (χ2v) is 11.1. The minimum Gasteiger partial charge on any atom is -0.396 e. The average Bonchev–Trinajstić information content (AvgIpc) is 3.14. The Balaban J connectivity index is 2.06. The van der Waals surface area contributed by atoms with Crippen molar-refractivity contribution < 1.29 is 19.5 Å². The highest BCUT2D eigenvalue weighted by Crippen LogP contribution is 2.31. The van der Waals surface area contributed by atoms with Gasteiger partial charge in [-0.15, -0.1) is 0 Å². The number of nitrogens with two attached hydrogens (primary N) is 1. The standard InChI is InChI=1S/C27H50N4O4/c1-4-10-23(25(34)30-22(24(28)33)19-20(2)3)31-17-15-27(26(31)35,14-9-18-32)29-16-8-13-21-11-6-5-7-12-21/h20-23,29,32H,4-19H2,1-3H3,(H2,28,33)(H,30,34)/t22-,23+,27+/m0/s1. The SMILES string of the molecule is CCC[C@H](C(=O)N[C@@H](CC(C)C)C(N)=O)N1CC[C@@](CCCO)(NCCCC2CCCCC2)C1=O. The predicted octanol–water partition coefficient (Wildman–Crippen LogP) is 2.87. The van der Waals surface area contributed by atoms with E-state index < -0.39 is 23.5 Å². The second kappa shape index (κ2) is 14.8. The smallest absolute Gasteiger partial charge is 0.243 e. The van der Waals surface area contributed by atoms with Crippen LogP contribution in [0.4, 0.5) is 0 Å². The molecule has 0 bridgehead atoms. The summed E-state index contributed by atoms with van der Waals surface area (Å²) in [6.45, 7) is 7.24. The van der Waals surface area contributed by atoms with E-state index in [0.717, 1.165) is 25.3 Å². The number of amides is 3. The first-order valence-electron chi connectivity index (χ1n) is 14.0. The fraction of sp³-hybridized carbons (Fsp3) is 0.889. The van der Waals surface area contributed by atoms with Crippen LogP contribution in [0.25, 0.3) is 0 Å². The Morgan fingerprint density at radius 2 is 1.91 bits per heavy atom. The fourth-order valence-electron chi connectivity index (χ4n) is 5.84. The lowest BCUT2D eigenvalue weighted by molar-refractivity contribution is -0.142. The molecule has 1 saturated carbocycles. The predicted molar refractivity (Wildman–Crippen MR) is 138 cm³/mol. The molecule has 0 aromatic heterocycles. The second-order valence-electron chi connectivity index (χ2n) is 11.1. The van der Waals surface area contributed by atoms with E-state index in [1.54, 1.807) is 4.90 Å². The lowest BCUT2D eigenvalue weighted by Crippen LogP contribution is -2.57. The molecule has 35 heavy (non-hydrogen) atoms. The van der Waals surface area contributed by atoms with Crippen LogP contribution in [0.1, 0.15) is 104 Å². The van der Waals surface area contributed by atoms with Crippen molar-refractivity contribution in [3.05, 3.63) is 0 Å². The molecule has 2 fully saturated rings. The number of carbonyl (C=O) groups excluding carboxylic acids is 3. The monoisotopic (exact) mass is 494 g/mol. The first-order valence-corrected chi connectivity index (χ1v) is 14.0. The van der Waals surface area contributed by atoms with Gasteiger partial charge in [-0.2, -0.15) is 0 Å². The van der Waals surface area contributed by atoms with Gasteiger partial charge in [0, 0.05) is 13.2 Å². The molecule has 0 unspecified atom stereocenters. The molecule has 1 heterocycles. The Bertz CT molecular complexity index is 680. The van der Waals surface area contributed by atoms with Crippen molar-refractivity contribution >= 4 is 17.7 Å². The van der Waals surface area contributed by atoms with E-state index in [0.29, 0.717) is 38.6 Å². The van der Waals surface area contributed by atoms with Crippen LogP contribution in [-0.4, -0.2) is 65.0 Å². The molecule has 202 valence electrons. The molecule has 0 radical (unpaired) electrons. The van der Waals surface area contributed by atoms with Crippen molar-refractivity contribution in [1.82, 2.24) is 15.5 Å². The van der Waals surface area contributed by atoms with Crippen molar-refractivity contribution in [2.75, 3.05) is 19.7 Å². The third kappa shape index (κ3) is 8.74. The number of nitrogens with zero attached hydrogens (tertiary/aromatic N) is 1. The van der Waals surface area contributed by atoms with Crippen molar-refractivity contribution in [2.24, 2.45) is 17.6 Å². The molecule has 8 nitrogen and oxygen atoms in total.